The van der Waals surface area contributed by atoms with Crippen molar-refractivity contribution in [2.24, 2.45) is 0 Å². The van der Waals surface area contributed by atoms with Crippen LogP contribution < -0.4 is 10.2 Å². The van der Waals surface area contributed by atoms with Crippen LogP contribution in [0.2, 0.25) is 0 Å². The number of halogens is 1. The maximum atomic E-state index is 13.9. The predicted octanol–water partition coefficient (Wildman–Crippen LogP) is 1.16. The van der Waals surface area contributed by atoms with Gasteiger partial charge < -0.3 is 10.2 Å². The molecule has 6 heteroatoms. The molecule has 1 atom stereocenters. The van der Waals surface area contributed by atoms with Crippen LogP contribution in [0.5, 0.6) is 0 Å². The quantitative estimate of drug-likeness (QED) is 0.897. The van der Waals surface area contributed by atoms with Gasteiger partial charge in [0.05, 0.1) is 12.2 Å². The summed E-state index contributed by atoms with van der Waals surface area (Å²) in [5.74, 6) is -0.0552. The van der Waals surface area contributed by atoms with E-state index in [0.717, 1.165) is 45.7 Å². The van der Waals surface area contributed by atoms with Crippen LogP contribution in [-0.4, -0.2) is 74.6 Å². The average molecular weight is 334 g/mol. The molecule has 0 saturated carbocycles. The maximum absolute atomic E-state index is 13.9. The fourth-order valence-electron chi connectivity index (χ4n) is 3.79. The molecule has 0 spiro atoms. The van der Waals surface area contributed by atoms with Crippen LogP contribution in [0.3, 0.4) is 0 Å². The first-order chi connectivity index (χ1) is 11.7. The monoisotopic (exact) mass is 334 g/mol. The number of likely N-dealkylation sites (tertiary alicyclic amines) is 1. The van der Waals surface area contributed by atoms with Crippen LogP contribution in [0.15, 0.2) is 24.3 Å². The summed E-state index contributed by atoms with van der Waals surface area (Å²) in [5, 5.41) is 2.70. The average Bonchev–Trinajstić information content (AvgIpc) is 2.62. The minimum Gasteiger partial charge on any atom is -0.367 e. The lowest BCUT2D eigenvalue weighted by molar-refractivity contribution is -0.122. The Labute approximate surface area is 143 Å². The number of nitrogens with zero attached hydrogens (tertiary/aromatic N) is 3. The zero-order valence-corrected chi connectivity index (χ0v) is 14.4. The molecule has 0 aliphatic carbocycles. The molecule has 2 aliphatic heterocycles. The summed E-state index contributed by atoms with van der Waals surface area (Å²) in [6.45, 7) is 6.05. The fourth-order valence-corrected chi connectivity index (χ4v) is 3.79. The lowest BCUT2D eigenvalue weighted by Crippen LogP contribution is -2.56. The number of nitrogens with one attached hydrogen (secondary N) is 1. The summed E-state index contributed by atoms with van der Waals surface area (Å²) in [5.41, 5.74) is 0.710. The number of amides is 1. The van der Waals surface area contributed by atoms with Gasteiger partial charge in [0.2, 0.25) is 5.91 Å². The molecule has 1 aromatic carbocycles. The van der Waals surface area contributed by atoms with E-state index in [-0.39, 0.29) is 11.7 Å². The number of rotatable bonds is 4. The number of piperazine rings is 1. The van der Waals surface area contributed by atoms with E-state index in [1.807, 2.05) is 12.1 Å². The smallest absolute Gasteiger partial charge is 0.233 e. The van der Waals surface area contributed by atoms with Gasteiger partial charge in [-0.15, -0.1) is 0 Å². The first-order valence-electron chi connectivity index (χ1n) is 8.84. The van der Waals surface area contributed by atoms with Crippen molar-refractivity contribution in [2.75, 3.05) is 57.8 Å². The predicted molar refractivity (Wildman–Crippen MR) is 93.7 cm³/mol. The lowest BCUT2D eigenvalue weighted by atomic mass is 10.0. The molecule has 3 rings (SSSR count). The fraction of sp³-hybridized carbons (Fsp3) is 0.611. The van der Waals surface area contributed by atoms with E-state index >= 15 is 0 Å². The van der Waals surface area contributed by atoms with Gasteiger partial charge in [-0.05, 0) is 31.5 Å². The molecular weight excluding hydrogens is 307 g/mol. The molecule has 2 saturated heterocycles. The van der Waals surface area contributed by atoms with Crippen molar-refractivity contribution in [3.63, 3.8) is 0 Å². The van der Waals surface area contributed by atoms with Gasteiger partial charge in [-0.3, -0.25) is 14.6 Å². The Kier molecular flexibility index (Phi) is 5.68. The second-order valence-corrected chi connectivity index (χ2v) is 6.68. The van der Waals surface area contributed by atoms with E-state index in [4.69, 9.17) is 0 Å². The third kappa shape index (κ3) is 4.05. The molecule has 2 fully saturated rings. The Bertz CT molecular complexity index is 560. The molecule has 5 nitrogen and oxygen atoms in total. The number of piperidine rings is 1. The molecule has 2 aliphatic rings. The number of benzene rings is 1. The van der Waals surface area contributed by atoms with Gasteiger partial charge in [0.1, 0.15) is 5.82 Å². The van der Waals surface area contributed by atoms with Crippen molar-refractivity contribution in [3.05, 3.63) is 30.1 Å². The molecule has 1 N–H and O–H groups in total. The molecule has 1 amide bonds. The minimum absolute atomic E-state index is 0.0834. The first-order valence-corrected chi connectivity index (χ1v) is 8.84. The third-order valence-electron chi connectivity index (χ3n) is 5.15. The van der Waals surface area contributed by atoms with Crippen LogP contribution in [0.1, 0.15) is 12.8 Å². The molecule has 132 valence electrons. The molecule has 0 unspecified atom stereocenters. The highest BCUT2D eigenvalue weighted by Crippen LogP contribution is 2.22. The number of para-hydroxylation sites is 1. The van der Waals surface area contributed by atoms with Gasteiger partial charge in [0, 0.05) is 45.8 Å². The van der Waals surface area contributed by atoms with E-state index in [1.54, 1.807) is 13.1 Å². The topological polar surface area (TPSA) is 38.8 Å². The minimum atomic E-state index is -0.139. The van der Waals surface area contributed by atoms with E-state index in [9.17, 15) is 9.18 Å². The van der Waals surface area contributed by atoms with Gasteiger partial charge >= 0.3 is 0 Å². The Morgan fingerprint density at radius 2 is 1.96 bits per heavy atom. The maximum Gasteiger partial charge on any atom is 0.233 e. The molecular formula is C18H27FN4O. The number of carbonyl (C=O) groups is 1. The van der Waals surface area contributed by atoms with Crippen molar-refractivity contribution in [3.8, 4) is 0 Å². The summed E-state index contributed by atoms with van der Waals surface area (Å²) in [6, 6.07) is 7.52. The molecule has 2 heterocycles. The van der Waals surface area contributed by atoms with Gasteiger partial charge in [-0.2, -0.15) is 0 Å². The lowest BCUT2D eigenvalue weighted by Gasteiger charge is -2.43. The van der Waals surface area contributed by atoms with Crippen LogP contribution >= 0.6 is 0 Å². The number of hydrogen-bond donors (Lipinski definition) is 1. The van der Waals surface area contributed by atoms with E-state index in [2.05, 4.69) is 20.0 Å². The van der Waals surface area contributed by atoms with Gasteiger partial charge in [-0.25, -0.2) is 4.39 Å². The van der Waals surface area contributed by atoms with Crippen molar-refractivity contribution in [2.45, 2.75) is 18.9 Å². The highest BCUT2D eigenvalue weighted by molar-refractivity contribution is 5.77. The van der Waals surface area contributed by atoms with Gasteiger partial charge in [-0.1, -0.05) is 12.1 Å². The second kappa shape index (κ2) is 7.94. The van der Waals surface area contributed by atoms with Crippen molar-refractivity contribution in [1.82, 2.24) is 15.1 Å². The van der Waals surface area contributed by atoms with E-state index in [0.29, 0.717) is 18.3 Å². The zero-order valence-electron chi connectivity index (χ0n) is 14.4. The summed E-state index contributed by atoms with van der Waals surface area (Å²) in [4.78, 5) is 18.5. The van der Waals surface area contributed by atoms with Crippen molar-refractivity contribution < 1.29 is 9.18 Å². The van der Waals surface area contributed by atoms with Crippen LogP contribution in [0.4, 0.5) is 10.1 Å². The normalized spacial score (nSPS) is 23.2. The summed E-state index contributed by atoms with van der Waals surface area (Å²) in [6.07, 6.45) is 2.32. The number of likely N-dealkylation sites (N-methyl/N-ethyl adjacent to an activating group) is 1. The highest BCUT2D eigenvalue weighted by Gasteiger charge is 2.29. The number of hydrogen-bond acceptors (Lipinski definition) is 4. The number of anilines is 1. The largest absolute Gasteiger partial charge is 0.367 e. The Morgan fingerprint density at radius 1 is 1.21 bits per heavy atom. The standard InChI is InChI=1S/C18H27FN4O/c1-20-18(24)14-21-8-4-5-15(13-21)22-9-11-23(12-10-22)17-7-3-2-6-16(17)19/h2-3,6-7,15H,4-5,8-14H2,1H3,(H,20,24)/t15-/m0/s1. The van der Waals surface area contributed by atoms with Crippen molar-refractivity contribution in [1.29, 1.82) is 0 Å². The van der Waals surface area contributed by atoms with Gasteiger partial charge in [0.15, 0.2) is 0 Å². The van der Waals surface area contributed by atoms with Crippen molar-refractivity contribution >= 4 is 11.6 Å². The second-order valence-electron chi connectivity index (χ2n) is 6.68. The zero-order chi connectivity index (χ0) is 16.9. The Morgan fingerprint density at radius 3 is 2.67 bits per heavy atom. The molecule has 24 heavy (non-hydrogen) atoms. The van der Waals surface area contributed by atoms with E-state index in [1.165, 1.54) is 12.5 Å². The summed E-state index contributed by atoms with van der Waals surface area (Å²) in [7, 11) is 1.69. The molecule has 0 radical (unpaired) electrons. The third-order valence-corrected chi connectivity index (χ3v) is 5.15. The van der Waals surface area contributed by atoms with Crippen LogP contribution in [0.25, 0.3) is 0 Å². The Hall–Kier alpha value is -1.66. The first kappa shape index (κ1) is 17.2. The summed E-state index contributed by atoms with van der Waals surface area (Å²) >= 11 is 0. The van der Waals surface area contributed by atoms with Gasteiger partial charge in [0.25, 0.3) is 0 Å². The van der Waals surface area contributed by atoms with Crippen LogP contribution in [0, 0.1) is 5.82 Å². The Balaban J connectivity index is 1.53. The molecule has 0 bridgehead atoms. The molecule has 1 aromatic rings. The number of carbonyl (C=O) groups excluding carboxylic acids is 1. The summed E-state index contributed by atoms with van der Waals surface area (Å²) < 4.78 is 13.9. The highest BCUT2D eigenvalue weighted by atomic mass is 19.1. The molecule has 0 aromatic heterocycles. The van der Waals surface area contributed by atoms with Crippen LogP contribution in [-0.2, 0) is 4.79 Å². The SMILES string of the molecule is CNC(=O)CN1CCC[C@H](N2CCN(c3ccccc3F)CC2)C1. The van der Waals surface area contributed by atoms with E-state index < -0.39 is 0 Å².